The molecule has 64 valence electrons. The van der Waals surface area contributed by atoms with Gasteiger partial charge in [0, 0.05) is 35.9 Å². The van der Waals surface area contributed by atoms with Gasteiger partial charge in [0.15, 0.2) is 0 Å². The number of aromatic nitrogens is 3. The molecule has 0 unspecified atom stereocenters. The van der Waals surface area contributed by atoms with Crippen LogP contribution in [0.2, 0.25) is 0 Å². The minimum Gasteiger partial charge on any atom is -0.368 e. The van der Waals surface area contributed by atoms with Gasteiger partial charge in [0.25, 0.3) is 0 Å². The van der Waals surface area contributed by atoms with Gasteiger partial charge in [0.2, 0.25) is 5.95 Å². The van der Waals surface area contributed by atoms with Crippen molar-refractivity contribution in [3.63, 3.8) is 0 Å². The van der Waals surface area contributed by atoms with Crippen molar-refractivity contribution in [1.29, 1.82) is 0 Å². The minimum absolute atomic E-state index is 0.285. The van der Waals surface area contributed by atoms with Crippen LogP contribution in [0.1, 0.15) is 0 Å². The monoisotopic (exact) mass is 172 g/mol. The SMILES string of the molecule is Nc1ncc(-c2cccnc2)cn1. The highest BCUT2D eigenvalue weighted by molar-refractivity contribution is 5.60. The van der Waals surface area contributed by atoms with E-state index in [1.54, 1.807) is 24.8 Å². The standard InChI is InChI=1S/C9H8N4/c10-9-12-5-8(6-13-9)7-2-1-3-11-4-7/h1-6H,(H2,10,12,13). The molecule has 13 heavy (non-hydrogen) atoms. The number of hydrogen-bond acceptors (Lipinski definition) is 4. The molecule has 2 rings (SSSR count). The first kappa shape index (κ1) is 7.67. The summed E-state index contributed by atoms with van der Waals surface area (Å²) >= 11 is 0. The average molecular weight is 172 g/mol. The van der Waals surface area contributed by atoms with E-state index in [0.717, 1.165) is 11.1 Å². The summed E-state index contributed by atoms with van der Waals surface area (Å²) in [5.41, 5.74) is 7.27. The zero-order chi connectivity index (χ0) is 9.10. The van der Waals surface area contributed by atoms with E-state index in [2.05, 4.69) is 15.0 Å². The van der Waals surface area contributed by atoms with E-state index in [-0.39, 0.29) is 5.95 Å². The van der Waals surface area contributed by atoms with Crippen LogP contribution in [0, 0.1) is 0 Å². The smallest absolute Gasteiger partial charge is 0.219 e. The number of nitrogens with zero attached hydrogens (tertiary/aromatic N) is 3. The molecule has 2 heterocycles. The summed E-state index contributed by atoms with van der Waals surface area (Å²) in [6.07, 6.45) is 6.84. The molecule has 0 aromatic carbocycles. The van der Waals surface area contributed by atoms with Crippen LogP contribution in [-0.4, -0.2) is 15.0 Å². The molecule has 2 N–H and O–H groups in total. The second-order valence-electron chi connectivity index (χ2n) is 2.57. The van der Waals surface area contributed by atoms with Gasteiger partial charge in [-0.1, -0.05) is 6.07 Å². The van der Waals surface area contributed by atoms with Crippen LogP contribution in [0.5, 0.6) is 0 Å². The van der Waals surface area contributed by atoms with Gasteiger partial charge in [-0.25, -0.2) is 9.97 Å². The highest BCUT2D eigenvalue weighted by Gasteiger charge is 1.96. The van der Waals surface area contributed by atoms with Gasteiger partial charge in [-0.15, -0.1) is 0 Å². The Hall–Kier alpha value is -1.97. The molecule has 0 saturated carbocycles. The van der Waals surface area contributed by atoms with Gasteiger partial charge in [-0.3, -0.25) is 4.98 Å². The Bertz CT molecular complexity index is 382. The first-order chi connectivity index (χ1) is 6.36. The van der Waals surface area contributed by atoms with E-state index >= 15 is 0 Å². The van der Waals surface area contributed by atoms with E-state index in [1.807, 2.05) is 12.1 Å². The molecule has 0 amide bonds. The number of nitrogen functional groups attached to an aromatic ring is 1. The van der Waals surface area contributed by atoms with Crippen molar-refractivity contribution in [2.45, 2.75) is 0 Å². The molecular formula is C9H8N4. The molecule has 4 heteroatoms. The van der Waals surface area contributed by atoms with Gasteiger partial charge >= 0.3 is 0 Å². The summed E-state index contributed by atoms with van der Waals surface area (Å²) in [7, 11) is 0. The van der Waals surface area contributed by atoms with Crippen molar-refractivity contribution < 1.29 is 0 Å². The minimum atomic E-state index is 0.285. The van der Waals surface area contributed by atoms with E-state index < -0.39 is 0 Å². The van der Waals surface area contributed by atoms with Crippen LogP contribution in [0.15, 0.2) is 36.9 Å². The zero-order valence-corrected chi connectivity index (χ0v) is 6.88. The molecule has 0 radical (unpaired) electrons. The van der Waals surface area contributed by atoms with Gasteiger partial charge in [-0.2, -0.15) is 0 Å². The lowest BCUT2D eigenvalue weighted by atomic mass is 10.2. The van der Waals surface area contributed by atoms with Crippen LogP contribution >= 0.6 is 0 Å². The van der Waals surface area contributed by atoms with Crippen molar-refractivity contribution in [1.82, 2.24) is 15.0 Å². The molecule has 0 aliphatic rings. The Morgan fingerprint density at radius 2 is 1.77 bits per heavy atom. The zero-order valence-electron chi connectivity index (χ0n) is 6.88. The Labute approximate surface area is 75.5 Å². The molecule has 2 aromatic rings. The first-order valence-electron chi connectivity index (χ1n) is 3.84. The van der Waals surface area contributed by atoms with Crippen molar-refractivity contribution in [2.24, 2.45) is 0 Å². The van der Waals surface area contributed by atoms with Gasteiger partial charge < -0.3 is 5.73 Å². The van der Waals surface area contributed by atoms with Gasteiger partial charge in [0.05, 0.1) is 0 Å². The van der Waals surface area contributed by atoms with Gasteiger partial charge in [0.1, 0.15) is 0 Å². The van der Waals surface area contributed by atoms with Crippen molar-refractivity contribution in [3.05, 3.63) is 36.9 Å². The number of nitrogens with two attached hydrogens (primary N) is 1. The molecule has 0 aliphatic heterocycles. The summed E-state index contributed by atoms with van der Waals surface area (Å²) in [6.45, 7) is 0. The fourth-order valence-corrected chi connectivity index (χ4v) is 1.02. The summed E-state index contributed by atoms with van der Waals surface area (Å²) in [6, 6.07) is 3.81. The summed E-state index contributed by atoms with van der Waals surface area (Å²) < 4.78 is 0. The molecule has 4 nitrogen and oxygen atoms in total. The van der Waals surface area contributed by atoms with Crippen LogP contribution in [0.25, 0.3) is 11.1 Å². The lowest BCUT2D eigenvalue weighted by Gasteiger charge is -1.98. The van der Waals surface area contributed by atoms with Gasteiger partial charge in [-0.05, 0) is 6.07 Å². The van der Waals surface area contributed by atoms with Crippen LogP contribution in [0.4, 0.5) is 5.95 Å². The second-order valence-corrected chi connectivity index (χ2v) is 2.57. The van der Waals surface area contributed by atoms with E-state index in [1.165, 1.54) is 0 Å². The summed E-state index contributed by atoms with van der Waals surface area (Å²) in [5, 5.41) is 0. The highest BCUT2D eigenvalue weighted by atomic mass is 15.0. The Morgan fingerprint density at radius 3 is 2.38 bits per heavy atom. The number of rotatable bonds is 1. The second kappa shape index (κ2) is 3.18. The molecule has 0 bridgehead atoms. The molecule has 0 saturated heterocycles. The lowest BCUT2D eigenvalue weighted by Crippen LogP contribution is -1.93. The Morgan fingerprint density at radius 1 is 1.00 bits per heavy atom. The number of hydrogen-bond donors (Lipinski definition) is 1. The van der Waals surface area contributed by atoms with E-state index in [0.29, 0.717) is 0 Å². The third-order valence-corrected chi connectivity index (χ3v) is 1.67. The number of anilines is 1. The molecule has 0 aliphatic carbocycles. The van der Waals surface area contributed by atoms with E-state index in [9.17, 15) is 0 Å². The largest absolute Gasteiger partial charge is 0.368 e. The summed E-state index contributed by atoms with van der Waals surface area (Å²) in [4.78, 5) is 11.8. The fraction of sp³-hybridized carbons (Fsp3) is 0. The number of pyridine rings is 1. The predicted molar refractivity (Wildman–Crippen MR) is 49.7 cm³/mol. The highest BCUT2D eigenvalue weighted by Crippen LogP contribution is 2.15. The Balaban J connectivity index is 2.42. The molecule has 0 fully saturated rings. The maximum atomic E-state index is 5.37. The van der Waals surface area contributed by atoms with Crippen molar-refractivity contribution in [3.8, 4) is 11.1 Å². The predicted octanol–water partition coefficient (Wildman–Crippen LogP) is 1.12. The third-order valence-electron chi connectivity index (χ3n) is 1.67. The molecule has 2 aromatic heterocycles. The topological polar surface area (TPSA) is 64.7 Å². The quantitative estimate of drug-likeness (QED) is 0.700. The maximum absolute atomic E-state index is 5.37. The summed E-state index contributed by atoms with van der Waals surface area (Å²) in [5.74, 6) is 0.285. The van der Waals surface area contributed by atoms with Crippen LogP contribution < -0.4 is 5.73 Å². The maximum Gasteiger partial charge on any atom is 0.219 e. The molecular weight excluding hydrogens is 164 g/mol. The average Bonchev–Trinajstić information content (AvgIpc) is 2.20. The first-order valence-corrected chi connectivity index (χ1v) is 3.84. The Kier molecular flexibility index (Phi) is 1.88. The molecule has 0 spiro atoms. The third kappa shape index (κ3) is 1.61. The van der Waals surface area contributed by atoms with E-state index in [4.69, 9.17) is 5.73 Å². The lowest BCUT2D eigenvalue weighted by molar-refractivity contribution is 1.18. The van der Waals surface area contributed by atoms with Crippen molar-refractivity contribution >= 4 is 5.95 Å². The normalized spacial score (nSPS) is 9.85. The van der Waals surface area contributed by atoms with Crippen LogP contribution in [-0.2, 0) is 0 Å². The molecule has 0 atom stereocenters. The van der Waals surface area contributed by atoms with Crippen LogP contribution in [0.3, 0.4) is 0 Å². The fourth-order valence-electron chi connectivity index (χ4n) is 1.02. The van der Waals surface area contributed by atoms with Crippen molar-refractivity contribution in [2.75, 3.05) is 5.73 Å².